The van der Waals surface area contributed by atoms with E-state index in [1.54, 1.807) is 0 Å². The molecule has 2 unspecified atom stereocenters. The van der Waals surface area contributed by atoms with Crippen LogP contribution in [0.5, 0.6) is 0 Å². The Bertz CT molecular complexity index is 323. The first-order valence-electron chi connectivity index (χ1n) is 6.00. The first-order valence-corrected chi connectivity index (χ1v) is 7.28. The molecule has 2 nitrogen and oxygen atoms in total. The van der Waals surface area contributed by atoms with Gasteiger partial charge >= 0.3 is 0 Å². The molecule has 0 aliphatic heterocycles. The van der Waals surface area contributed by atoms with Crippen molar-refractivity contribution in [3.63, 3.8) is 0 Å². The first-order chi connectivity index (χ1) is 7.78. The van der Waals surface area contributed by atoms with Gasteiger partial charge in [0, 0.05) is 17.5 Å². The minimum atomic E-state index is 0.612. The van der Waals surface area contributed by atoms with Crippen molar-refractivity contribution in [2.24, 2.45) is 0 Å². The highest BCUT2D eigenvalue weighted by atomic mass is 32.2. The highest BCUT2D eigenvalue weighted by Gasteiger charge is 2.21. The Hall–Kier alpha value is -0.700. The average Bonchev–Trinajstić information content (AvgIpc) is 2.32. The third-order valence-corrected chi connectivity index (χ3v) is 4.32. The van der Waals surface area contributed by atoms with Crippen molar-refractivity contribution < 1.29 is 0 Å². The lowest BCUT2D eigenvalue weighted by molar-refractivity contribution is 0.473. The summed E-state index contributed by atoms with van der Waals surface area (Å²) < 4.78 is 0. The van der Waals surface area contributed by atoms with E-state index >= 15 is 0 Å². The Balaban J connectivity index is 1.91. The Morgan fingerprint density at radius 3 is 2.94 bits per heavy atom. The number of hydrogen-bond donors (Lipinski definition) is 1. The van der Waals surface area contributed by atoms with Gasteiger partial charge in [-0.25, -0.2) is 4.98 Å². The van der Waals surface area contributed by atoms with Crippen LogP contribution >= 0.6 is 11.8 Å². The van der Waals surface area contributed by atoms with E-state index in [0.717, 1.165) is 11.1 Å². The van der Waals surface area contributed by atoms with Gasteiger partial charge in [-0.1, -0.05) is 12.5 Å². The summed E-state index contributed by atoms with van der Waals surface area (Å²) in [5, 5.41) is 4.38. The Morgan fingerprint density at radius 2 is 2.25 bits per heavy atom. The smallest absolute Gasteiger partial charge is 0.126 e. The maximum Gasteiger partial charge on any atom is 0.126 e. The number of thioether (sulfide) groups is 1. The second-order valence-corrected chi connectivity index (χ2v) is 5.72. The second-order valence-electron chi connectivity index (χ2n) is 4.59. The van der Waals surface area contributed by atoms with Crippen molar-refractivity contribution >= 4 is 17.6 Å². The molecule has 3 heteroatoms. The molecule has 1 N–H and O–H groups in total. The molecule has 1 aliphatic carbocycles. The van der Waals surface area contributed by atoms with Crippen LogP contribution < -0.4 is 5.32 Å². The molecule has 1 aromatic heterocycles. The molecule has 0 aromatic carbocycles. The standard InChI is InChI=1S/C13H20N2S/c1-10-6-7-13(14-9-10)15-11-4-3-5-12(8-11)16-2/h6-7,9,11-12H,3-5,8H2,1-2H3,(H,14,15). The molecule has 0 bridgehead atoms. The zero-order chi connectivity index (χ0) is 11.4. The Labute approximate surface area is 102 Å². The fourth-order valence-electron chi connectivity index (χ4n) is 2.25. The zero-order valence-corrected chi connectivity index (χ0v) is 10.9. The SMILES string of the molecule is CSC1CCCC(Nc2ccc(C)cn2)C1. The summed E-state index contributed by atoms with van der Waals surface area (Å²) in [5.41, 5.74) is 1.22. The van der Waals surface area contributed by atoms with E-state index < -0.39 is 0 Å². The molecular weight excluding hydrogens is 216 g/mol. The van der Waals surface area contributed by atoms with Crippen LogP contribution in [0.2, 0.25) is 0 Å². The molecule has 0 spiro atoms. The number of nitrogens with zero attached hydrogens (tertiary/aromatic N) is 1. The fourth-order valence-corrected chi connectivity index (χ4v) is 3.08. The van der Waals surface area contributed by atoms with Gasteiger partial charge in [0.1, 0.15) is 5.82 Å². The molecule has 2 atom stereocenters. The van der Waals surface area contributed by atoms with Crippen LogP contribution in [0.3, 0.4) is 0 Å². The van der Waals surface area contributed by atoms with Crippen LogP contribution in [0, 0.1) is 6.92 Å². The van der Waals surface area contributed by atoms with Crippen LogP contribution in [0.15, 0.2) is 18.3 Å². The average molecular weight is 236 g/mol. The second kappa shape index (κ2) is 5.58. The van der Waals surface area contributed by atoms with Crippen LogP contribution in [-0.2, 0) is 0 Å². The first kappa shape index (κ1) is 11.8. The molecule has 1 aromatic rings. The quantitative estimate of drug-likeness (QED) is 0.869. The maximum absolute atomic E-state index is 4.41. The predicted octanol–water partition coefficient (Wildman–Crippen LogP) is 3.48. The number of rotatable bonds is 3. The summed E-state index contributed by atoms with van der Waals surface area (Å²) in [6.45, 7) is 2.07. The zero-order valence-electron chi connectivity index (χ0n) is 10.1. The Morgan fingerprint density at radius 1 is 1.38 bits per heavy atom. The number of anilines is 1. The summed E-state index contributed by atoms with van der Waals surface area (Å²) in [6.07, 6.45) is 9.42. The van der Waals surface area contributed by atoms with E-state index in [9.17, 15) is 0 Å². The molecule has 1 saturated carbocycles. The topological polar surface area (TPSA) is 24.9 Å². The fraction of sp³-hybridized carbons (Fsp3) is 0.615. The largest absolute Gasteiger partial charge is 0.367 e. The van der Waals surface area contributed by atoms with Gasteiger partial charge in [-0.2, -0.15) is 11.8 Å². The number of aryl methyl sites for hydroxylation is 1. The van der Waals surface area contributed by atoms with Gasteiger partial charge in [-0.3, -0.25) is 0 Å². The molecule has 0 saturated heterocycles. The molecule has 16 heavy (non-hydrogen) atoms. The maximum atomic E-state index is 4.41. The van der Waals surface area contributed by atoms with Crippen LogP contribution in [0.4, 0.5) is 5.82 Å². The van der Waals surface area contributed by atoms with Crippen molar-refractivity contribution in [1.82, 2.24) is 4.98 Å². The summed E-state index contributed by atoms with van der Waals surface area (Å²) in [4.78, 5) is 4.41. The number of aromatic nitrogens is 1. The third kappa shape index (κ3) is 3.14. The molecular formula is C13H20N2S. The summed E-state index contributed by atoms with van der Waals surface area (Å²) in [5.74, 6) is 1.03. The van der Waals surface area contributed by atoms with Crippen molar-refractivity contribution in [2.75, 3.05) is 11.6 Å². The van der Waals surface area contributed by atoms with E-state index in [-0.39, 0.29) is 0 Å². The van der Waals surface area contributed by atoms with E-state index in [1.165, 1.54) is 31.2 Å². The predicted molar refractivity (Wildman–Crippen MR) is 72.2 cm³/mol. The lowest BCUT2D eigenvalue weighted by Gasteiger charge is -2.29. The van der Waals surface area contributed by atoms with Gasteiger partial charge in [0.15, 0.2) is 0 Å². The third-order valence-electron chi connectivity index (χ3n) is 3.22. The van der Waals surface area contributed by atoms with Crippen molar-refractivity contribution in [3.8, 4) is 0 Å². The Kier molecular flexibility index (Phi) is 4.10. The van der Waals surface area contributed by atoms with Crippen molar-refractivity contribution in [3.05, 3.63) is 23.9 Å². The number of pyridine rings is 1. The summed E-state index contributed by atoms with van der Waals surface area (Å²) in [7, 11) is 0. The van der Waals surface area contributed by atoms with Gasteiger partial charge in [0.05, 0.1) is 0 Å². The summed E-state index contributed by atoms with van der Waals surface area (Å²) >= 11 is 2.00. The van der Waals surface area contributed by atoms with Crippen LogP contribution in [0.25, 0.3) is 0 Å². The highest BCUT2D eigenvalue weighted by Crippen LogP contribution is 2.28. The molecule has 0 amide bonds. The van der Waals surface area contributed by atoms with E-state index in [0.29, 0.717) is 6.04 Å². The molecule has 1 aliphatic rings. The van der Waals surface area contributed by atoms with Gasteiger partial charge in [-0.05, 0) is 44.1 Å². The molecule has 88 valence electrons. The lowest BCUT2D eigenvalue weighted by Crippen LogP contribution is -2.28. The number of hydrogen-bond acceptors (Lipinski definition) is 3. The number of nitrogens with one attached hydrogen (secondary N) is 1. The monoisotopic (exact) mass is 236 g/mol. The molecule has 1 heterocycles. The molecule has 2 rings (SSSR count). The van der Waals surface area contributed by atoms with Crippen LogP contribution in [0.1, 0.15) is 31.2 Å². The normalized spacial score (nSPS) is 25.4. The van der Waals surface area contributed by atoms with Gasteiger partial charge in [-0.15, -0.1) is 0 Å². The summed E-state index contributed by atoms with van der Waals surface area (Å²) in [6, 6.07) is 4.81. The molecule has 1 fully saturated rings. The van der Waals surface area contributed by atoms with Crippen LogP contribution in [-0.4, -0.2) is 22.5 Å². The van der Waals surface area contributed by atoms with Crippen molar-refractivity contribution in [1.29, 1.82) is 0 Å². The van der Waals surface area contributed by atoms with Gasteiger partial charge < -0.3 is 5.32 Å². The minimum Gasteiger partial charge on any atom is -0.367 e. The van der Waals surface area contributed by atoms with E-state index in [1.807, 2.05) is 18.0 Å². The van der Waals surface area contributed by atoms with E-state index in [2.05, 4.69) is 35.6 Å². The van der Waals surface area contributed by atoms with E-state index in [4.69, 9.17) is 0 Å². The van der Waals surface area contributed by atoms with Crippen molar-refractivity contribution in [2.45, 2.75) is 43.9 Å². The highest BCUT2D eigenvalue weighted by molar-refractivity contribution is 7.99. The molecule has 0 radical (unpaired) electrons. The minimum absolute atomic E-state index is 0.612. The lowest BCUT2D eigenvalue weighted by atomic mass is 9.95. The van der Waals surface area contributed by atoms with Gasteiger partial charge in [0.25, 0.3) is 0 Å². The van der Waals surface area contributed by atoms with Gasteiger partial charge in [0.2, 0.25) is 0 Å².